The van der Waals surface area contributed by atoms with Crippen molar-refractivity contribution in [3.8, 4) is 5.75 Å². The molecule has 28 heteroatoms. The number of ether oxygens (including phenoxy) is 4. The molecule has 5 unspecified atom stereocenters. The molecule has 3 heterocycles. The van der Waals surface area contributed by atoms with Gasteiger partial charge in [0.2, 0.25) is 6.23 Å². The Morgan fingerprint density at radius 2 is 0.971 bits per heavy atom. The number of cyclic esters (lactones) is 2. The van der Waals surface area contributed by atoms with Crippen molar-refractivity contribution in [2.45, 2.75) is 193 Å². The zero-order valence-corrected chi connectivity index (χ0v) is 64.2. The fourth-order valence-corrected chi connectivity index (χ4v) is 11.1. The van der Waals surface area contributed by atoms with Crippen molar-refractivity contribution in [2.24, 2.45) is 16.2 Å². The van der Waals surface area contributed by atoms with E-state index in [-0.39, 0.29) is 40.4 Å². The Balaban J connectivity index is 0.000000264. The standard InChI is InChI=1S/C37H43ClN4O7.C20H23ClN2O6.C20H26N2O5/c1-8-28(49-29-18-15-22(3)19-23(29)4)32(44)39-25-16-17-26(38)27(20-25)40-33(45)30(31(43)37(5,6)7)42-34(46)35(48-9-2)41(36(42)47)21-24-13-11-10-12-14-24;1-10(24)11-7-8-12(21)13(9-11)22-16(26)14(15(25)19(2,3)4)23-17(27)20(5,6)29-18(23)28;1-11-8-9-12(2)13(10-11)21-16(24)14(15(23)19(3,4)5)22-17(25)20(6,7)27-18(22)26/h10-20,28,30,35H,8-9,21H2,1-7H3,(H,39,44)(H,40,45);7-9,14H,1-6H3,(H,22,26);8-10,14H,1-7H3,(H,21,24). The van der Waals surface area contributed by atoms with Crippen LogP contribution >= 0.6 is 23.2 Å². The highest BCUT2D eigenvalue weighted by atomic mass is 35.5. The van der Waals surface area contributed by atoms with Gasteiger partial charge in [0.25, 0.3) is 41.4 Å². The molecule has 562 valence electrons. The molecule has 3 aliphatic heterocycles. The average Bonchev–Trinajstić information content (AvgIpc) is 1.64. The number of Topliss-reactive ketones (excluding diaryl/α,β-unsaturated/α-hetero) is 4. The van der Waals surface area contributed by atoms with Crippen LogP contribution in [0.25, 0.3) is 0 Å². The maximum absolute atomic E-state index is 14.0. The molecule has 0 saturated carbocycles. The minimum Gasteiger partial charge on any atom is -0.480 e. The van der Waals surface area contributed by atoms with Gasteiger partial charge in [-0.3, -0.25) is 57.6 Å². The van der Waals surface area contributed by atoms with E-state index in [1.807, 2.05) is 71.0 Å². The Labute approximate surface area is 620 Å². The third-order valence-corrected chi connectivity index (χ3v) is 17.4. The lowest BCUT2D eigenvalue weighted by Gasteiger charge is -2.29. The number of hydrogen-bond acceptors (Lipinski definition) is 18. The molecule has 3 aliphatic rings. The van der Waals surface area contributed by atoms with Crippen LogP contribution in [0, 0.1) is 43.9 Å². The monoisotopic (exact) mass is 1490 g/mol. The third kappa shape index (κ3) is 20.0. The van der Waals surface area contributed by atoms with E-state index in [9.17, 15) is 67.1 Å². The molecule has 0 radical (unpaired) electrons. The lowest BCUT2D eigenvalue weighted by atomic mass is 9.85. The van der Waals surface area contributed by atoms with Crippen molar-refractivity contribution >= 4 is 129 Å². The number of ketones is 4. The van der Waals surface area contributed by atoms with Crippen LogP contribution in [-0.2, 0) is 68.7 Å². The van der Waals surface area contributed by atoms with Crippen molar-refractivity contribution in [1.29, 1.82) is 0 Å². The van der Waals surface area contributed by atoms with E-state index in [2.05, 4.69) is 21.3 Å². The minimum absolute atomic E-state index is 0.0180. The Hall–Kier alpha value is -10.2. The van der Waals surface area contributed by atoms with E-state index < -0.39 is 135 Å². The summed E-state index contributed by atoms with van der Waals surface area (Å²) in [6.45, 7) is 32.5. The smallest absolute Gasteiger partial charge is 0.418 e. The number of hydrogen-bond donors (Lipinski definition) is 4. The molecular weight excluding hydrogens is 1400 g/mol. The van der Waals surface area contributed by atoms with E-state index in [0.29, 0.717) is 43.8 Å². The number of benzene rings is 5. The molecular formula is C77H92Cl2N8O18. The fourth-order valence-electron chi connectivity index (χ4n) is 10.8. The second kappa shape index (κ2) is 33.3. The number of carbonyl (C=O) groups is 14. The number of nitrogens with one attached hydrogen (secondary N) is 4. The normalized spacial score (nSPS) is 16.6. The first-order valence-corrected chi connectivity index (χ1v) is 34.5. The van der Waals surface area contributed by atoms with Crippen molar-refractivity contribution < 1.29 is 86.1 Å². The summed E-state index contributed by atoms with van der Waals surface area (Å²) in [5, 5.41) is 10.8. The number of rotatable bonds is 22. The van der Waals surface area contributed by atoms with Gasteiger partial charge in [0.15, 0.2) is 58.6 Å². The maximum Gasteiger partial charge on any atom is 0.418 e. The number of urea groups is 1. The zero-order valence-electron chi connectivity index (χ0n) is 62.7. The van der Waals surface area contributed by atoms with Gasteiger partial charge in [-0.1, -0.05) is 153 Å². The molecule has 4 N–H and O–H groups in total. The van der Waals surface area contributed by atoms with Crippen molar-refractivity contribution in [1.82, 2.24) is 19.6 Å². The molecule has 3 fully saturated rings. The summed E-state index contributed by atoms with van der Waals surface area (Å²) < 4.78 is 21.8. The predicted molar refractivity (Wildman–Crippen MR) is 393 cm³/mol. The Morgan fingerprint density at radius 3 is 1.41 bits per heavy atom. The molecule has 0 aromatic heterocycles. The van der Waals surface area contributed by atoms with E-state index >= 15 is 0 Å². The van der Waals surface area contributed by atoms with Crippen LogP contribution in [0.5, 0.6) is 5.75 Å². The molecule has 5 aromatic rings. The molecule has 11 amide bonds. The van der Waals surface area contributed by atoms with E-state index in [0.717, 1.165) is 27.8 Å². The number of nitrogens with zero attached hydrogens (tertiary/aromatic N) is 4. The summed E-state index contributed by atoms with van der Waals surface area (Å²) in [6.07, 6.45) is -3.84. The fraction of sp³-hybridized carbons (Fsp3) is 0.429. The van der Waals surface area contributed by atoms with Gasteiger partial charge in [0.1, 0.15) is 5.75 Å². The van der Waals surface area contributed by atoms with Crippen LogP contribution < -0.4 is 26.0 Å². The van der Waals surface area contributed by atoms with Gasteiger partial charge in [0.05, 0.1) is 28.0 Å². The number of amides is 11. The molecule has 3 saturated heterocycles. The summed E-state index contributed by atoms with van der Waals surface area (Å²) in [4.78, 5) is 185. The van der Waals surface area contributed by atoms with Gasteiger partial charge in [-0.05, 0) is 146 Å². The topological polar surface area (TPSA) is 337 Å². The molecule has 5 atom stereocenters. The lowest BCUT2D eigenvalue weighted by Crippen LogP contribution is -2.55. The number of aryl methyl sites for hydroxylation is 4. The van der Waals surface area contributed by atoms with Gasteiger partial charge in [-0.25, -0.2) is 29.1 Å². The van der Waals surface area contributed by atoms with Crippen LogP contribution in [0.4, 0.5) is 37.1 Å². The highest BCUT2D eigenvalue weighted by Gasteiger charge is 2.58. The first kappa shape index (κ1) is 83.8. The first-order valence-electron chi connectivity index (χ1n) is 33.8. The Morgan fingerprint density at radius 1 is 0.524 bits per heavy atom. The Kier molecular flexibility index (Phi) is 26.6. The van der Waals surface area contributed by atoms with Gasteiger partial charge >= 0.3 is 18.2 Å². The number of carbonyl (C=O) groups excluding carboxylic acids is 14. The predicted octanol–water partition coefficient (Wildman–Crippen LogP) is 12.7. The van der Waals surface area contributed by atoms with Crippen LogP contribution in [0.3, 0.4) is 0 Å². The number of halogens is 2. The Bertz CT molecular complexity index is 4290. The highest BCUT2D eigenvalue weighted by Crippen LogP contribution is 2.36. The molecule has 105 heavy (non-hydrogen) atoms. The van der Waals surface area contributed by atoms with Crippen LogP contribution in [0.15, 0.2) is 103 Å². The van der Waals surface area contributed by atoms with Crippen LogP contribution in [0.1, 0.15) is 155 Å². The van der Waals surface area contributed by atoms with Crippen LogP contribution in [0.2, 0.25) is 10.0 Å². The van der Waals surface area contributed by atoms with Crippen LogP contribution in [-0.4, -0.2) is 151 Å². The SMILES string of the molecule is CC(=O)c1ccc(Cl)c(NC(=O)C(C(=O)C(C)(C)C)N2C(=O)OC(C)(C)C2=O)c1.CCOC1C(=O)N(C(C(=O)Nc2cc(NC(=O)C(CC)Oc3ccc(C)cc3C)ccc2Cl)C(=O)C(C)(C)C)C(=O)N1Cc1ccccc1.Cc1ccc(C)c(NC(=O)C(C(=O)C(C)(C)C)N2C(=O)OC(C)(C)C2=O)c1. The second-order valence-electron chi connectivity index (χ2n) is 29.6. The van der Waals surface area contributed by atoms with Crippen molar-refractivity contribution in [3.63, 3.8) is 0 Å². The molecule has 0 bridgehead atoms. The lowest BCUT2D eigenvalue weighted by molar-refractivity contribution is -0.149. The number of anilines is 4. The quantitative estimate of drug-likeness (QED) is 0.0284. The van der Waals surface area contributed by atoms with Gasteiger partial charge in [-0.2, -0.15) is 0 Å². The summed E-state index contributed by atoms with van der Waals surface area (Å²) in [7, 11) is 0. The highest BCUT2D eigenvalue weighted by molar-refractivity contribution is 6.35. The molecule has 0 spiro atoms. The van der Waals surface area contributed by atoms with Crippen molar-refractivity contribution in [2.75, 3.05) is 27.9 Å². The van der Waals surface area contributed by atoms with E-state index in [1.165, 1.54) is 69.9 Å². The first-order chi connectivity index (χ1) is 48.6. The van der Waals surface area contributed by atoms with Gasteiger partial charge in [-0.15, -0.1) is 0 Å². The van der Waals surface area contributed by atoms with E-state index in [1.54, 1.807) is 106 Å². The summed E-state index contributed by atoms with van der Waals surface area (Å²) in [5.74, 6) is -6.93. The summed E-state index contributed by atoms with van der Waals surface area (Å²) >= 11 is 12.6. The summed E-state index contributed by atoms with van der Waals surface area (Å²) in [6, 6.07) is 22.9. The maximum atomic E-state index is 14.0. The summed E-state index contributed by atoms with van der Waals surface area (Å²) in [5.41, 5.74) is -0.374. The molecule has 5 aromatic carbocycles. The number of imide groups is 3. The molecule has 0 aliphatic carbocycles. The molecule has 26 nitrogen and oxygen atoms in total. The third-order valence-electron chi connectivity index (χ3n) is 16.8. The van der Waals surface area contributed by atoms with Gasteiger partial charge in [0, 0.05) is 39.8 Å². The zero-order chi connectivity index (χ0) is 79.1. The second-order valence-corrected chi connectivity index (χ2v) is 30.4. The molecule has 8 rings (SSSR count). The average molecular weight is 1490 g/mol. The van der Waals surface area contributed by atoms with Crippen molar-refractivity contribution in [3.05, 3.63) is 147 Å². The largest absolute Gasteiger partial charge is 0.480 e. The van der Waals surface area contributed by atoms with E-state index in [4.69, 9.17) is 42.1 Å². The minimum atomic E-state index is -1.84. The van der Waals surface area contributed by atoms with Gasteiger partial charge < -0.3 is 40.2 Å².